The van der Waals surface area contributed by atoms with Crippen molar-refractivity contribution in [1.29, 1.82) is 0 Å². The molecule has 1 N–H and O–H groups in total. The highest BCUT2D eigenvalue weighted by Crippen LogP contribution is 2.27. The molecule has 19 heavy (non-hydrogen) atoms. The van der Waals surface area contributed by atoms with Gasteiger partial charge in [-0.15, -0.1) is 0 Å². The van der Waals surface area contributed by atoms with Crippen LogP contribution in [0, 0.1) is 5.82 Å². The van der Waals surface area contributed by atoms with Crippen LogP contribution in [0.25, 0.3) is 0 Å². The number of rotatable bonds is 2. The molecule has 2 rings (SSSR count). The molecule has 98 valence electrons. The molecule has 0 radical (unpaired) electrons. The molecule has 0 bridgehead atoms. The molecule has 6 heteroatoms. The van der Waals surface area contributed by atoms with Gasteiger partial charge in [-0.1, -0.05) is 27.5 Å². The second-order valence-electron chi connectivity index (χ2n) is 3.70. The van der Waals surface area contributed by atoms with Crippen LogP contribution in [0.5, 0.6) is 0 Å². The second-order valence-corrected chi connectivity index (χ2v) is 5.91. The molecular weight excluding hydrogens is 400 g/mol. The van der Waals surface area contributed by atoms with Crippen molar-refractivity contribution >= 4 is 55.1 Å². The highest BCUT2D eigenvalue weighted by molar-refractivity contribution is 9.11. The zero-order valence-electron chi connectivity index (χ0n) is 9.38. The monoisotopic (exact) mass is 405 g/mol. The number of halogens is 4. The van der Waals surface area contributed by atoms with Crippen molar-refractivity contribution in [2.24, 2.45) is 0 Å². The molecule has 0 aliphatic heterocycles. The molecule has 2 nitrogen and oxygen atoms in total. The molecule has 1 amide bonds. The smallest absolute Gasteiger partial charge is 0.258 e. The number of nitrogens with one attached hydrogen (secondary N) is 1. The van der Waals surface area contributed by atoms with Gasteiger partial charge in [0.05, 0.1) is 11.3 Å². The van der Waals surface area contributed by atoms with E-state index in [0.29, 0.717) is 15.2 Å². The maximum atomic E-state index is 13.5. The van der Waals surface area contributed by atoms with Crippen molar-refractivity contribution in [2.45, 2.75) is 0 Å². The fourth-order valence-electron chi connectivity index (χ4n) is 1.45. The second kappa shape index (κ2) is 6.03. The molecule has 0 unspecified atom stereocenters. The number of hydrogen-bond donors (Lipinski definition) is 1. The summed E-state index contributed by atoms with van der Waals surface area (Å²) in [4.78, 5) is 12.0. The summed E-state index contributed by atoms with van der Waals surface area (Å²) >= 11 is 12.4. The van der Waals surface area contributed by atoms with Crippen molar-refractivity contribution in [3.63, 3.8) is 0 Å². The fourth-order valence-corrected chi connectivity index (χ4v) is 2.77. The van der Waals surface area contributed by atoms with E-state index in [0.717, 1.165) is 10.5 Å². The van der Waals surface area contributed by atoms with Crippen LogP contribution >= 0.6 is 43.5 Å². The third-order valence-corrected chi connectivity index (χ3v) is 3.74. The van der Waals surface area contributed by atoms with Gasteiger partial charge in [0, 0.05) is 14.0 Å². The first-order valence-electron chi connectivity index (χ1n) is 5.19. The molecule has 2 aromatic carbocycles. The molecule has 0 heterocycles. The molecule has 0 saturated carbocycles. The van der Waals surface area contributed by atoms with E-state index in [4.69, 9.17) is 11.6 Å². The Morgan fingerprint density at radius 2 is 1.89 bits per heavy atom. The van der Waals surface area contributed by atoms with Crippen LogP contribution < -0.4 is 5.32 Å². The van der Waals surface area contributed by atoms with Gasteiger partial charge >= 0.3 is 0 Å². The average molecular weight is 407 g/mol. The minimum Gasteiger partial charge on any atom is -0.321 e. The van der Waals surface area contributed by atoms with Gasteiger partial charge in [0.15, 0.2) is 0 Å². The SMILES string of the molecule is O=C(Nc1ccc(Br)cc1Br)c1cc(Cl)ccc1F. The lowest BCUT2D eigenvalue weighted by Crippen LogP contribution is -2.14. The fraction of sp³-hybridized carbons (Fsp3) is 0. The number of hydrogen-bond acceptors (Lipinski definition) is 1. The van der Waals surface area contributed by atoms with Crippen LogP contribution in [0.4, 0.5) is 10.1 Å². The molecule has 0 spiro atoms. The summed E-state index contributed by atoms with van der Waals surface area (Å²) in [6.45, 7) is 0. The van der Waals surface area contributed by atoms with Crippen LogP contribution in [-0.4, -0.2) is 5.91 Å². The van der Waals surface area contributed by atoms with Crippen LogP contribution in [0.1, 0.15) is 10.4 Å². The zero-order valence-corrected chi connectivity index (χ0v) is 13.3. The van der Waals surface area contributed by atoms with Gasteiger partial charge in [0.1, 0.15) is 5.82 Å². The lowest BCUT2D eigenvalue weighted by molar-refractivity contribution is 0.102. The predicted molar refractivity (Wildman–Crippen MR) is 81.2 cm³/mol. The first kappa shape index (κ1) is 14.5. The summed E-state index contributed by atoms with van der Waals surface area (Å²) in [5.74, 6) is -1.17. The first-order chi connectivity index (χ1) is 8.97. The Morgan fingerprint density at radius 1 is 1.16 bits per heavy atom. The lowest BCUT2D eigenvalue weighted by atomic mass is 10.2. The summed E-state index contributed by atoms with van der Waals surface area (Å²) in [5.41, 5.74) is 0.454. The van der Waals surface area contributed by atoms with Crippen LogP contribution in [0.2, 0.25) is 5.02 Å². The van der Waals surface area contributed by atoms with Gasteiger partial charge in [0.25, 0.3) is 5.91 Å². The Labute approximate surface area is 131 Å². The van der Waals surface area contributed by atoms with E-state index in [1.54, 1.807) is 18.2 Å². The largest absolute Gasteiger partial charge is 0.321 e. The molecule has 0 aliphatic carbocycles. The van der Waals surface area contributed by atoms with Crippen LogP contribution in [-0.2, 0) is 0 Å². The van der Waals surface area contributed by atoms with Crippen molar-refractivity contribution in [3.8, 4) is 0 Å². The minimum absolute atomic E-state index is 0.0951. The van der Waals surface area contributed by atoms with E-state index in [9.17, 15) is 9.18 Å². The standard InChI is InChI=1S/C13H7Br2ClFNO/c14-7-1-4-12(10(15)5-7)18-13(19)9-6-8(16)2-3-11(9)17/h1-6H,(H,18,19). The molecule has 0 aliphatic rings. The third kappa shape index (κ3) is 3.55. The number of carbonyl (C=O) groups excluding carboxylic acids is 1. The quantitative estimate of drug-likeness (QED) is 0.723. The maximum absolute atomic E-state index is 13.5. The highest BCUT2D eigenvalue weighted by Gasteiger charge is 2.13. The van der Waals surface area contributed by atoms with Gasteiger partial charge in [0.2, 0.25) is 0 Å². The van der Waals surface area contributed by atoms with Gasteiger partial charge in [-0.2, -0.15) is 0 Å². The van der Waals surface area contributed by atoms with E-state index < -0.39 is 11.7 Å². The summed E-state index contributed by atoms with van der Waals surface area (Å²) < 4.78 is 15.1. The van der Waals surface area contributed by atoms with Crippen molar-refractivity contribution in [1.82, 2.24) is 0 Å². The summed E-state index contributed by atoms with van der Waals surface area (Å²) in [7, 11) is 0. The van der Waals surface area contributed by atoms with Crippen LogP contribution in [0.15, 0.2) is 45.3 Å². The zero-order chi connectivity index (χ0) is 14.0. The number of anilines is 1. The van der Waals surface area contributed by atoms with Crippen molar-refractivity contribution in [3.05, 3.63) is 61.7 Å². The van der Waals surface area contributed by atoms with Crippen molar-refractivity contribution < 1.29 is 9.18 Å². The van der Waals surface area contributed by atoms with Gasteiger partial charge in [-0.05, 0) is 52.3 Å². The Balaban J connectivity index is 2.28. The Morgan fingerprint density at radius 3 is 2.58 bits per heavy atom. The van der Waals surface area contributed by atoms with E-state index in [-0.39, 0.29) is 5.56 Å². The molecule has 0 saturated heterocycles. The van der Waals surface area contributed by atoms with E-state index in [1.165, 1.54) is 12.1 Å². The Kier molecular flexibility index (Phi) is 4.60. The minimum atomic E-state index is -0.616. The molecule has 0 aromatic heterocycles. The average Bonchev–Trinajstić information content (AvgIpc) is 2.35. The van der Waals surface area contributed by atoms with Gasteiger partial charge in [-0.25, -0.2) is 4.39 Å². The lowest BCUT2D eigenvalue weighted by Gasteiger charge is -2.08. The number of benzene rings is 2. The third-order valence-electron chi connectivity index (χ3n) is 2.35. The maximum Gasteiger partial charge on any atom is 0.258 e. The van der Waals surface area contributed by atoms with E-state index in [1.807, 2.05) is 0 Å². The number of amides is 1. The predicted octanol–water partition coefficient (Wildman–Crippen LogP) is 5.26. The molecular formula is C13H7Br2ClFNO. The van der Waals surface area contributed by atoms with Gasteiger partial charge in [-0.3, -0.25) is 4.79 Å². The summed E-state index contributed by atoms with van der Waals surface area (Å²) in [6, 6.07) is 9.10. The Hall–Kier alpha value is -0.910. The first-order valence-corrected chi connectivity index (χ1v) is 7.15. The molecule has 2 aromatic rings. The van der Waals surface area contributed by atoms with E-state index >= 15 is 0 Å². The normalized spacial score (nSPS) is 10.3. The topological polar surface area (TPSA) is 29.1 Å². The summed E-state index contributed by atoms with van der Waals surface area (Å²) in [6.07, 6.45) is 0. The molecule has 0 fully saturated rings. The van der Waals surface area contributed by atoms with Gasteiger partial charge < -0.3 is 5.32 Å². The summed E-state index contributed by atoms with van der Waals surface area (Å²) in [5, 5.41) is 2.92. The van der Waals surface area contributed by atoms with Crippen LogP contribution in [0.3, 0.4) is 0 Å². The number of carbonyl (C=O) groups is 1. The van der Waals surface area contributed by atoms with Crippen molar-refractivity contribution in [2.75, 3.05) is 5.32 Å². The van der Waals surface area contributed by atoms with E-state index in [2.05, 4.69) is 37.2 Å². The highest BCUT2D eigenvalue weighted by atomic mass is 79.9. The Bertz CT molecular complexity index is 649. The molecule has 0 atom stereocenters.